The molecule has 0 aliphatic heterocycles. The van der Waals surface area contributed by atoms with Crippen molar-refractivity contribution in [1.29, 1.82) is 0 Å². The Morgan fingerprint density at radius 1 is 1.10 bits per heavy atom. The fourth-order valence-electron chi connectivity index (χ4n) is 5.55. The maximum Gasteiger partial charge on any atom is 0.348 e. The molecular weight excluding hydrogens is 536 g/mol. The van der Waals surface area contributed by atoms with E-state index in [0.717, 1.165) is 37.0 Å². The summed E-state index contributed by atoms with van der Waals surface area (Å²) in [5, 5.41) is 17.1. The molecule has 0 saturated heterocycles. The third-order valence-corrected chi connectivity index (χ3v) is 11.1. The molecule has 2 fully saturated rings. The van der Waals surface area contributed by atoms with Gasteiger partial charge in [0.05, 0.1) is 22.0 Å². The van der Waals surface area contributed by atoms with Crippen LogP contribution in [0.15, 0.2) is 17.3 Å². The van der Waals surface area contributed by atoms with Crippen LogP contribution in [-0.4, -0.2) is 51.7 Å². The normalized spacial score (nSPS) is 24.0. The second-order valence-electron chi connectivity index (χ2n) is 12.0. The second-order valence-corrected chi connectivity index (χ2v) is 15.2. The number of thiophene rings is 1. The van der Waals surface area contributed by atoms with E-state index >= 15 is 0 Å². The van der Waals surface area contributed by atoms with Crippen LogP contribution < -0.4 is 4.90 Å². The lowest BCUT2D eigenvalue weighted by Gasteiger charge is -2.39. The zero-order valence-electron chi connectivity index (χ0n) is 23.3. The summed E-state index contributed by atoms with van der Waals surface area (Å²) in [7, 11) is -2.07. The van der Waals surface area contributed by atoms with Crippen LogP contribution in [0.4, 0.5) is 5.69 Å². The number of hydrogen-bond donors (Lipinski definition) is 1. The summed E-state index contributed by atoms with van der Waals surface area (Å²) in [6.07, 6.45) is 6.40. The number of sulfone groups is 1. The Morgan fingerprint density at radius 3 is 2.28 bits per heavy atom. The summed E-state index contributed by atoms with van der Waals surface area (Å²) in [4.78, 5) is 28.8. The molecule has 2 aromatic rings. The van der Waals surface area contributed by atoms with Crippen LogP contribution >= 0.6 is 11.3 Å². The number of carboxylic acids is 1. The average Bonchev–Trinajstić information content (AvgIpc) is 3.50. The number of hydrogen-bond acceptors (Lipinski definition) is 7. The van der Waals surface area contributed by atoms with E-state index in [1.807, 2.05) is 20.8 Å². The lowest BCUT2D eigenvalue weighted by molar-refractivity contribution is -0.124. The molecular formula is C28H38N4O5S2. The molecule has 2 heterocycles. The van der Waals surface area contributed by atoms with E-state index in [4.69, 9.17) is 0 Å². The van der Waals surface area contributed by atoms with E-state index in [1.54, 1.807) is 18.0 Å². The Morgan fingerprint density at radius 2 is 1.74 bits per heavy atom. The summed E-state index contributed by atoms with van der Waals surface area (Å²) in [5.74, 6) is 5.51. The highest BCUT2D eigenvalue weighted by atomic mass is 32.2. The highest BCUT2D eigenvalue weighted by Gasteiger charge is 2.40. The Bertz CT molecular complexity index is 1380. The number of amides is 1. The molecule has 2 aromatic heterocycles. The van der Waals surface area contributed by atoms with Crippen LogP contribution in [-0.2, 0) is 21.7 Å². The van der Waals surface area contributed by atoms with E-state index in [-0.39, 0.29) is 33.2 Å². The molecule has 1 amide bonds. The Labute approximate surface area is 234 Å². The van der Waals surface area contributed by atoms with Crippen molar-refractivity contribution in [3.05, 3.63) is 22.0 Å². The van der Waals surface area contributed by atoms with Crippen molar-refractivity contribution in [3.63, 3.8) is 0 Å². The molecule has 9 nitrogen and oxygen atoms in total. The van der Waals surface area contributed by atoms with Gasteiger partial charge >= 0.3 is 5.97 Å². The molecule has 4 rings (SSSR count). The van der Waals surface area contributed by atoms with Gasteiger partial charge in [0.25, 0.3) is 0 Å². The van der Waals surface area contributed by atoms with Gasteiger partial charge in [-0.05, 0) is 84.1 Å². The molecule has 1 N–H and O–H groups in total. The highest BCUT2D eigenvalue weighted by molar-refractivity contribution is 7.92. The van der Waals surface area contributed by atoms with Gasteiger partial charge in [-0.15, -0.1) is 16.4 Å². The number of carbonyl (C=O) groups excluding carboxylic acids is 1. The number of aryl methyl sites for hydroxylation is 1. The van der Waals surface area contributed by atoms with Crippen molar-refractivity contribution < 1.29 is 23.1 Å². The van der Waals surface area contributed by atoms with Crippen molar-refractivity contribution in [1.82, 2.24) is 15.0 Å². The van der Waals surface area contributed by atoms with Gasteiger partial charge in [0.1, 0.15) is 4.88 Å². The molecule has 0 unspecified atom stereocenters. The molecule has 2 saturated carbocycles. The van der Waals surface area contributed by atoms with Gasteiger partial charge in [-0.3, -0.25) is 4.79 Å². The summed E-state index contributed by atoms with van der Waals surface area (Å²) >= 11 is 1.09. The zero-order valence-corrected chi connectivity index (χ0v) is 24.9. The molecule has 39 heavy (non-hydrogen) atoms. The topological polar surface area (TPSA) is 122 Å². The minimum absolute atomic E-state index is 0.0559. The minimum Gasteiger partial charge on any atom is -0.477 e. The SMILES string of the molecule is Cn1nncc1S(=O)(=O)[C@H]1CC[C@H](N(c2cc(C#CC(C)(C)C)sc2C(=O)O)C(=O)[C@H]2CC[C@H](C)CC2)CC1. The van der Waals surface area contributed by atoms with Crippen LogP contribution in [0.1, 0.15) is 93.6 Å². The third kappa shape index (κ3) is 6.55. The zero-order chi connectivity index (χ0) is 28.5. The van der Waals surface area contributed by atoms with Crippen molar-refractivity contribution in [3.8, 4) is 11.8 Å². The number of carbonyl (C=O) groups is 2. The first-order valence-electron chi connectivity index (χ1n) is 13.6. The predicted octanol–water partition coefficient (Wildman–Crippen LogP) is 4.92. The minimum atomic E-state index is -3.62. The van der Waals surface area contributed by atoms with Gasteiger partial charge < -0.3 is 10.0 Å². The summed E-state index contributed by atoms with van der Waals surface area (Å²) in [6.45, 7) is 8.15. The standard InChI is InChI=1S/C28H38N4O5S2/c1-18-6-8-19(9-7-18)26(33)32(23-16-21(14-15-28(2,3)4)38-25(23)27(34)35)20-10-12-22(13-11-20)39(36,37)24-17-29-30-31(24)5/h16-20,22H,6-13H2,1-5H3,(H,34,35)/t18-,19-,20-,22-. The number of aromatic nitrogens is 3. The van der Waals surface area contributed by atoms with Gasteiger partial charge in [-0.1, -0.05) is 24.0 Å². The van der Waals surface area contributed by atoms with E-state index in [0.29, 0.717) is 42.2 Å². The maximum absolute atomic E-state index is 14.1. The molecule has 212 valence electrons. The molecule has 0 radical (unpaired) electrons. The third-order valence-electron chi connectivity index (χ3n) is 7.74. The lowest BCUT2D eigenvalue weighted by Crippen LogP contribution is -2.47. The van der Waals surface area contributed by atoms with E-state index < -0.39 is 21.1 Å². The van der Waals surface area contributed by atoms with Crippen molar-refractivity contribution in [2.45, 2.75) is 95.4 Å². The van der Waals surface area contributed by atoms with E-state index in [9.17, 15) is 23.1 Å². The van der Waals surface area contributed by atoms with E-state index in [2.05, 4.69) is 29.1 Å². The number of aromatic carboxylic acids is 1. The summed E-state index contributed by atoms with van der Waals surface area (Å²) in [6, 6.07) is 1.45. The first-order chi connectivity index (χ1) is 18.3. The first kappa shape index (κ1) is 29.3. The lowest BCUT2D eigenvalue weighted by atomic mass is 9.81. The fraction of sp³-hybridized carbons (Fsp3) is 0.643. The van der Waals surface area contributed by atoms with Gasteiger partial charge in [-0.2, -0.15) is 0 Å². The quantitative estimate of drug-likeness (QED) is 0.486. The number of anilines is 1. The Kier molecular flexibility index (Phi) is 8.57. The Hall–Kier alpha value is -2.71. The first-order valence-corrected chi connectivity index (χ1v) is 16.0. The highest BCUT2D eigenvalue weighted by Crippen LogP contribution is 2.40. The molecule has 11 heteroatoms. The molecule has 0 aromatic carbocycles. The average molecular weight is 575 g/mol. The van der Waals surface area contributed by atoms with Crippen molar-refractivity contribution in [2.24, 2.45) is 24.3 Å². The smallest absolute Gasteiger partial charge is 0.348 e. The van der Waals surface area contributed by atoms with Crippen molar-refractivity contribution >= 4 is 38.7 Å². The number of rotatable bonds is 6. The number of carboxylic acid groups (broad SMARTS) is 1. The predicted molar refractivity (Wildman–Crippen MR) is 150 cm³/mol. The van der Waals surface area contributed by atoms with Crippen LogP contribution in [0, 0.1) is 29.1 Å². The monoisotopic (exact) mass is 574 g/mol. The van der Waals surface area contributed by atoms with Crippen LogP contribution in [0.5, 0.6) is 0 Å². The molecule has 2 aliphatic carbocycles. The largest absolute Gasteiger partial charge is 0.477 e. The Balaban J connectivity index is 1.67. The maximum atomic E-state index is 14.1. The number of nitrogens with zero attached hydrogens (tertiary/aromatic N) is 4. The molecule has 0 bridgehead atoms. The van der Waals surface area contributed by atoms with Crippen LogP contribution in [0.3, 0.4) is 0 Å². The summed E-state index contributed by atoms with van der Waals surface area (Å²) in [5.41, 5.74) is 0.131. The second kappa shape index (κ2) is 11.4. The molecule has 0 atom stereocenters. The van der Waals surface area contributed by atoms with Gasteiger partial charge in [0.15, 0.2) is 14.9 Å². The van der Waals surface area contributed by atoms with Gasteiger partial charge in [0, 0.05) is 24.4 Å². The molecule has 0 spiro atoms. The molecule has 2 aliphatic rings. The van der Waals surface area contributed by atoms with Gasteiger partial charge in [0.2, 0.25) is 5.91 Å². The summed E-state index contributed by atoms with van der Waals surface area (Å²) < 4.78 is 27.8. The van der Waals surface area contributed by atoms with Gasteiger partial charge in [-0.25, -0.2) is 17.9 Å². The van der Waals surface area contributed by atoms with Crippen LogP contribution in [0.2, 0.25) is 0 Å². The van der Waals surface area contributed by atoms with E-state index in [1.165, 1.54) is 10.9 Å². The van der Waals surface area contributed by atoms with Crippen molar-refractivity contribution in [2.75, 3.05) is 4.90 Å². The fourth-order valence-corrected chi connectivity index (χ4v) is 8.22. The van der Waals surface area contributed by atoms with Crippen LogP contribution in [0.25, 0.3) is 0 Å².